The van der Waals surface area contributed by atoms with Crippen molar-refractivity contribution in [1.29, 1.82) is 0 Å². The number of carboxylic acid groups (broad SMARTS) is 1. The molecule has 1 N–H and O–H groups in total. The van der Waals surface area contributed by atoms with Gasteiger partial charge in [0.05, 0.1) is 12.0 Å². The Morgan fingerprint density at radius 2 is 2.14 bits per heavy atom. The molecule has 2 aromatic rings. The number of anilines is 1. The second-order valence-electron chi connectivity index (χ2n) is 4.75. The number of hydrogen-bond donors (Lipinski definition) is 1. The lowest BCUT2D eigenvalue weighted by molar-refractivity contribution is -0.117. The molecule has 0 saturated carbocycles. The molecule has 3 rings (SSSR count). The van der Waals surface area contributed by atoms with Gasteiger partial charge in [-0.1, -0.05) is 13.0 Å². The Labute approximate surface area is 120 Å². The number of benzene rings is 1. The summed E-state index contributed by atoms with van der Waals surface area (Å²) in [5.41, 5.74) is 1.55. The number of fused-ring (bicyclic) bond motifs is 1. The van der Waals surface area contributed by atoms with Gasteiger partial charge in [0.25, 0.3) is 0 Å². The van der Waals surface area contributed by atoms with Gasteiger partial charge in [-0.3, -0.25) is 4.79 Å². The van der Waals surface area contributed by atoms with Gasteiger partial charge in [0.1, 0.15) is 6.54 Å². The molecular weight excluding hydrogens is 274 g/mol. The average Bonchev–Trinajstić information content (AvgIpc) is 3.04. The van der Waals surface area contributed by atoms with Crippen molar-refractivity contribution in [3.63, 3.8) is 0 Å². The van der Waals surface area contributed by atoms with Crippen LogP contribution in [0.3, 0.4) is 0 Å². The number of aryl methyl sites for hydroxylation is 1. The van der Waals surface area contributed by atoms with Gasteiger partial charge >= 0.3 is 5.97 Å². The van der Waals surface area contributed by atoms with E-state index >= 15 is 0 Å². The zero-order valence-electron chi connectivity index (χ0n) is 11.4. The second kappa shape index (κ2) is 5.01. The van der Waals surface area contributed by atoms with Crippen LogP contribution in [0.25, 0.3) is 0 Å². The Kier molecular flexibility index (Phi) is 3.17. The first-order chi connectivity index (χ1) is 10.1. The van der Waals surface area contributed by atoms with Crippen molar-refractivity contribution >= 4 is 17.6 Å². The van der Waals surface area contributed by atoms with E-state index in [0.29, 0.717) is 23.9 Å². The lowest BCUT2D eigenvalue weighted by Gasteiger charge is -2.15. The lowest BCUT2D eigenvalue weighted by atomic mass is 10.1. The Balaban J connectivity index is 1.91. The largest absolute Gasteiger partial charge is 0.478 e. The van der Waals surface area contributed by atoms with Gasteiger partial charge in [-0.05, 0) is 17.7 Å². The van der Waals surface area contributed by atoms with E-state index in [9.17, 15) is 9.59 Å². The predicted octanol–water partition coefficient (Wildman–Crippen LogP) is 1.42. The first-order valence-electron chi connectivity index (χ1n) is 6.56. The van der Waals surface area contributed by atoms with Crippen molar-refractivity contribution in [2.24, 2.45) is 0 Å². The van der Waals surface area contributed by atoms with E-state index in [1.165, 1.54) is 17.0 Å². The molecule has 0 fully saturated rings. The minimum Gasteiger partial charge on any atom is -0.478 e. The maximum absolute atomic E-state index is 12.1. The highest BCUT2D eigenvalue weighted by atomic mass is 16.4. The molecule has 1 aliphatic rings. The number of carboxylic acids is 1. The molecule has 1 aliphatic heterocycles. The standard InChI is InChI=1S/C14H13N3O4/c1-2-11-15-16-12(21-11)7-17-10-5-9(14(19)20)4-3-8(10)6-13(17)18/h3-5H,2,6-7H2,1H3,(H,19,20). The van der Waals surface area contributed by atoms with E-state index < -0.39 is 5.97 Å². The summed E-state index contributed by atoms with van der Waals surface area (Å²) in [5.74, 6) is -0.281. The van der Waals surface area contributed by atoms with E-state index in [4.69, 9.17) is 9.52 Å². The number of rotatable bonds is 4. The lowest BCUT2D eigenvalue weighted by Crippen LogP contribution is -2.26. The molecule has 7 nitrogen and oxygen atoms in total. The zero-order chi connectivity index (χ0) is 15.0. The molecule has 0 saturated heterocycles. The van der Waals surface area contributed by atoms with Gasteiger partial charge in [0.2, 0.25) is 17.7 Å². The summed E-state index contributed by atoms with van der Waals surface area (Å²) in [6, 6.07) is 4.67. The molecule has 0 spiro atoms. The monoisotopic (exact) mass is 287 g/mol. The van der Waals surface area contributed by atoms with Crippen LogP contribution in [0.15, 0.2) is 22.6 Å². The van der Waals surface area contributed by atoms with Gasteiger partial charge in [-0.25, -0.2) is 4.79 Å². The topological polar surface area (TPSA) is 96.5 Å². The highest BCUT2D eigenvalue weighted by Crippen LogP contribution is 2.31. The van der Waals surface area contributed by atoms with E-state index in [2.05, 4.69) is 10.2 Å². The Morgan fingerprint density at radius 3 is 2.81 bits per heavy atom. The number of carbonyl (C=O) groups is 2. The van der Waals surface area contributed by atoms with Crippen LogP contribution < -0.4 is 4.90 Å². The summed E-state index contributed by atoms with van der Waals surface area (Å²) in [4.78, 5) is 24.6. The summed E-state index contributed by atoms with van der Waals surface area (Å²) in [7, 11) is 0. The fourth-order valence-corrected chi connectivity index (χ4v) is 2.29. The van der Waals surface area contributed by atoms with Gasteiger partial charge in [0, 0.05) is 12.1 Å². The molecule has 0 aliphatic carbocycles. The molecule has 7 heteroatoms. The van der Waals surface area contributed by atoms with E-state index in [-0.39, 0.29) is 24.4 Å². The normalized spacial score (nSPS) is 13.6. The maximum Gasteiger partial charge on any atom is 0.335 e. The summed E-state index contributed by atoms with van der Waals surface area (Å²) in [5, 5.41) is 16.8. The predicted molar refractivity (Wildman–Crippen MR) is 72.0 cm³/mol. The fraction of sp³-hybridized carbons (Fsp3) is 0.286. The van der Waals surface area contributed by atoms with Crippen LogP contribution in [-0.4, -0.2) is 27.2 Å². The number of amides is 1. The minimum atomic E-state index is -1.02. The Morgan fingerprint density at radius 1 is 1.38 bits per heavy atom. The number of nitrogens with zero attached hydrogens (tertiary/aromatic N) is 3. The van der Waals surface area contributed by atoms with Crippen molar-refractivity contribution < 1.29 is 19.1 Å². The summed E-state index contributed by atoms with van der Waals surface area (Å²) < 4.78 is 5.40. The number of aromatic carboxylic acids is 1. The van der Waals surface area contributed by atoms with E-state index in [1.807, 2.05) is 6.92 Å². The van der Waals surface area contributed by atoms with E-state index in [1.54, 1.807) is 6.07 Å². The molecule has 2 heterocycles. The molecule has 0 atom stereocenters. The van der Waals surface area contributed by atoms with Crippen molar-refractivity contribution in [3.05, 3.63) is 41.1 Å². The van der Waals surface area contributed by atoms with Crippen LogP contribution in [0.5, 0.6) is 0 Å². The minimum absolute atomic E-state index is 0.108. The molecular formula is C14H13N3O4. The molecule has 0 unspecified atom stereocenters. The third-order valence-electron chi connectivity index (χ3n) is 3.37. The average molecular weight is 287 g/mol. The Bertz CT molecular complexity index is 723. The van der Waals surface area contributed by atoms with Crippen LogP contribution in [0.1, 0.15) is 34.6 Å². The fourth-order valence-electron chi connectivity index (χ4n) is 2.29. The van der Waals surface area contributed by atoms with Crippen LogP contribution >= 0.6 is 0 Å². The Hall–Kier alpha value is -2.70. The van der Waals surface area contributed by atoms with Crippen molar-refractivity contribution in [2.45, 2.75) is 26.3 Å². The van der Waals surface area contributed by atoms with Gasteiger partial charge in [-0.15, -0.1) is 10.2 Å². The molecule has 21 heavy (non-hydrogen) atoms. The van der Waals surface area contributed by atoms with Gasteiger partial charge in [0.15, 0.2) is 0 Å². The SMILES string of the molecule is CCc1nnc(CN2C(=O)Cc3ccc(C(=O)O)cc32)o1. The van der Waals surface area contributed by atoms with Crippen molar-refractivity contribution in [3.8, 4) is 0 Å². The maximum atomic E-state index is 12.1. The highest BCUT2D eigenvalue weighted by molar-refractivity contribution is 6.02. The molecule has 0 radical (unpaired) electrons. The third kappa shape index (κ3) is 2.37. The van der Waals surface area contributed by atoms with Crippen LogP contribution in [0.2, 0.25) is 0 Å². The molecule has 1 aromatic carbocycles. The summed E-state index contributed by atoms with van der Waals surface area (Å²) >= 11 is 0. The van der Waals surface area contributed by atoms with E-state index in [0.717, 1.165) is 5.56 Å². The van der Waals surface area contributed by atoms with Crippen molar-refractivity contribution in [1.82, 2.24) is 10.2 Å². The quantitative estimate of drug-likeness (QED) is 0.913. The first kappa shape index (κ1) is 13.3. The van der Waals surface area contributed by atoms with Gasteiger partial charge in [-0.2, -0.15) is 0 Å². The molecule has 1 aromatic heterocycles. The molecule has 0 bridgehead atoms. The van der Waals surface area contributed by atoms with Crippen LogP contribution in [0.4, 0.5) is 5.69 Å². The second-order valence-corrected chi connectivity index (χ2v) is 4.75. The number of aromatic nitrogens is 2. The van der Waals surface area contributed by atoms with Crippen molar-refractivity contribution in [2.75, 3.05) is 4.90 Å². The molecule has 108 valence electrons. The highest BCUT2D eigenvalue weighted by Gasteiger charge is 2.29. The smallest absolute Gasteiger partial charge is 0.335 e. The summed E-state index contributed by atoms with van der Waals surface area (Å²) in [6.07, 6.45) is 0.880. The van der Waals surface area contributed by atoms with Gasteiger partial charge < -0.3 is 14.4 Å². The van der Waals surface area contributed by atoms with Crippen LogP contribution in [-0.2, 0) is 24.2 Å². The first-order valence-corrected chi connectivity index (χ1v) is 6.56. The summed E-state index contributed by atoms with van der Waals surface area (Å²) in [6.45, 7) is 2.05. The number of hydrogen-bond acceptors (Lipinski definition) is 5. The number of carbonyl (C=O) groups excluding carboxylic acids is 1. The third-order valence-corrected chi connectivity index (χ3v) is 3.37. The zero-order valence-corrected chi connectivity index (χ0v) is 11.4. The van der Waals surface area contributed by atoms with Crippen LogP contribution in [0, 0.1) is 0 Å². The molecule has 1 amide bonds.